The van der Waals surface area contributed by atoms with Gasteiger partial charge in [0.05, 0.1) is 0 Å². The molecule has 0 aliphatic heterocycles. The zero-order valence-electron chi connectivity index (χ0n) is 11.8. The zero-order valence-corrected chi connectivity index (χ0v) is 11.8. The van der Waals surface area contributed by atoms with Crippen molar-refractivity contribution < 1.29 is 14.6 Å². The SMILES string of the molecule is O=C(O)c1cccc(-c2ccccc2)c1Oc1ccccc1. The summed E-state index contributed by atoms with van der Waals surface area (Å²) in [5.74, 6) is -0.0514. The lowest BCUT2D eigenvalue weighted by Crippen LogP contribution is -2.01. The standard InChI is InChI=1S/C19H14O3/c20-19(21)17-13-7-12-16(14-8-3-1-4-9-14)18(17)22-15-10-5-2-6-11-15/h1-13H,(H,20,21). The molecule has 0 aromatic heterocycles. The lowest BCUT2D eigenvalue weighted by atomic mass is 10.0. The number of carboxylic acid groups (broad SMARTS) is 1. The van der Waals surface area contributed by atoms with Crippen LogP contribution in [-0.2, 0) is 0 Å². The van der Waals surface area contributed by atoms with E-state index in [1.165, 1.54) is 0 Å². The molecule has 0 radical (unpaired) electrons. The molecule has 0 fully saturated rings. The van der Waals surface area contributed by atoms with E-state index in [1.807, 2.05) is 54.6 Å². The summed E-state index contributed by atoms with van der Waals surface area (Å²) in [5, 5.41) is 9.44. The van der Waals surface area contributed by atoms with Crippen molar-refractivity contribution >= 4 is 5.97 Å². The second kappa shape index (κ2) is 6.14. The number of aromatic carboxylic acids is 1. The summed E-state index contributed by atoms with van der Waals surface area (Å²) >= 11 is 0. The van der Waals surface area contributed by atoms with Crippen LogP contribution in [0.3, 0.4) is 0 Å². The van der Waals surface area contributed by atoms with Gasteiger partial charge in [-0.1, -0.05) is 60.7 Å². The predicted molar refractivity (Wildman–Crippen MR) is 85.4 cm³/mol. The minimum Gasteiger partial charge on any atom is -0.478 e. The number of carbonyl (C=O) groups is 1. The number of hydrogen-bond acceptors (Lipinski definition) is 2. The molecule has 0 amide bonds. The number of para-hydroxylation sites is 2. The van der Waals surface area contributed by atoms with E-state index in [9.17, 15) is 9.90 Å². The lowest BCUT2D eigenvalue weighted by molar-refractivity contribution is 0.0694. The van der Waals surface area contributed by atoms with E-state index in [0.717, 1.165) is 11.1 Å². The Kier molecular flexibility index (Phi) is 3.88. The minimum atomic E-state index is -1.01. The second-order valence-electron chi connectivity index (χ2n) is 4.77. The van der Waals surface area contributed by atoms with Crippen molar-refractivity contribution in [1.29, 1.82) is 0 Å². The highest BCUT2D eigenvalue weighted by atomic mass is 16.5. The van der Waals surface area contributed by atoms with E-state index in [-0.39, 0.29) is 5.56 Å². The van der Waals surface area contributed by atoms with Gasteiger partial charge < -0.3 is 9.84 Å². The van der Waals surface area contributed by atoms with Gasteiger partial charge in [-0.05, 0) is 23.8 Å². The molecule has 0 saturated heterocycles. The van der Waals surface area contributed by atoms with Crippen LogP contribution in [0.4, 0.5) is 0 Å². The molecule has 3 rings (SSSR count). The van der Waals surface area contributed by atoms with Gasteiger partial charge in [-0.2, -0.15) is 0 Å². The molecule has 0 atom stereocenters. The van der Waals surface area contributed by atoms with Gasteiger partial charge in [-0.25, -0.2) is 4.79 Å². The van der Waals surface area contributed by atoms with Crippen molar-refractivity contribution in [3.05, 3.63) is 84.4 Å². The second-order valence-corrected chi connectivity index (χ2v) is 4.77. The molecule has 0 bridgehead atoms. The molecular weight excluding hydrogens is 276 g/mol. The molecular formula is C19H14O3. The van der Waals surface area contributed by atoms with E-state index in [2.05, 4.69) is 0 Å². The molecule has 1 N–H and O–H groups in total. The van der Waals surface area contributed by atoms with Crippen LogP contribution in [-0.4, -0.2) is 11.1 Å². The predicted octanol–water partition coefficient (Wildman–Crippen LogP) is 4.84. The van der Waals surface area contributed by atoms with E-state index >= 15 is 0 Å². The quantitative estimate of drug-likeness (QED) is 0.747. The van der Waals surface area contributed by atoms with Gasteiger partial charge in [-0.15, -0.1) is 0 Å². The van der Waals surface area contributed by atoms with Crippen LogP contribution in [0.2, 0.25) is 0 Å². The van der Waals surface area contributed by atoms with Crippen molar-refractivity contribution in [2.45, 2.75) is 0 Å². The van der Waals surface area contributed by atoms with Crippen LogP contribution in [0.1, 0.15) is 10.4 Å². The van der Waals surface area contributed by atoms with Crippen LogP contribution >= 0.6 is 0 Å². The first-order valence-corrected chi connectivity index (χ1v) is 6.90. The van der Waals surface area contributed by atoms with Gasteiger partial charge in [-0.3, -0.25) is 0 Å². The van der Waals surface area contributed by atoms with Crippen molar-refractivity contribution in [3.63, 3.8) is 0 Å². The number of benzene rings is 3. The Bertz CT molecular complexity index is 780. The summed E-state index contributed by atoms with van der Waals surface area (Å²) in [5.41, 5.74) is 1.81. The number of carboxylic acids is 1. The Morgan fingerprint density at radius 2 is 1.41 bits per heavy atom. The van der Waals surface area contributed by atoms with E-state index in [0.29, 0.717) is 11.5 Å². The highest BCUT2D eigenvalue weighted by Gasteiger charge is 2.17. The van der Waals surface area contributed by atoms with Crippen molar-refractivity contribution in [1.82, 2.24) is 0 Å². The molecule has 22 heavy (non-hydrogen) atoms. The molecule has 0 aliphatic carbocycles. The molecule has 3 heteroatoms. The highest BCUT2D eigenvalue weighted by molar-refractivity contribution is 5.94. The first kappa shape index (κ1) is 13.9. The molecule has 108 valence electrons. The average molecular weight is 290 g/mol. The number of rotatable bonds is 4. The first-order valence-electron chi connectivity index (χ1n) is 6.90. The van der Waals surface area contributed by atoms with Gasteiger partial charge >= 0.3 is 5.97 Å². The number of hydrogen-bond donors (Lipinski definition) is 1. The van der Waals surface area contributed by atoms with Crippen LogP contribution < -0.4 is 4.74 Å². The Morgan fingerprint density at radius 1 is 0.773 bits per heavy atom. The molecule has 0 saturated carbocycles. The lowest BCUT2D eigenvalue weighted by Gasteiger charge is -2.14. The monoisotopic (exact) mass is 290 g/mol. The Hall–Kier alpha value is -3.07. The maximum atomic E-state index is 11.5. The number of ether oxygens (including phenoxy) is 1. The fourth-order valence-corrected chi connectivity index (χ4v) is 2.27. The zero-order chi connectivity index (χ0) is 15.4. The third-order valence-electron chi connectivity index (χ3n) is 3.29. The summed E-state index contributed by atoms with van der Waals surface area (Å²) in [6.45, 7) is 0. The molecule has 3 nitrogen and oxygen atoms in total. The molecule has 3 aromatic rings. The fraction of sp³-hybridized carbons (Fsp3) is 0. The Labute approximate surface area is 128 Å². The normalized spacial score (nSPS) is 10.2. The maximum Gasteiger partial charge on any atom is 0.339 e. The summed E-state index contributed by atoms with van der Waals surface area (Å²) in [4.78, 5) is 11.5. The molecule has 3 aromatic carbocycles. The Morgan fingerprint density at radius 3 is 2.05 bits per heavy atom. The largest absolute Gasteiger partial charge is 0.478 e. The van der Waals surface area contributed by atoms with Crippen LogP contribution in [0.5, 0.6) is 11.5 Å². The van der Waals surface area contributed by atoms with Crippen molar-refractivity contribution in [2.75, 3.05) is 0 Å². The first-order chi connectivity index (χ1) is 10.8. The van der Waals surface area contributed by atoms with Crippen molar-refractivity contribution in [3.8, 4) is 22.6 Å². The summed E-state index contributed by atoms with van der Waals surface area (Å²) in [6.07, 6.45) is 0. The van der Waals surface area contributed by atoms with Crippen molar-refractivity contribution in [2.24, 2.45) is 0 Å². The van der Waals surface area contributed by atoms with E-state index in [1.54, 1.807) is 24.3 Å². The molecule has 0 aliphatic rings. The van der Waals surface area contributed by atoms with Gasteiger partial charge in [0, 0.05) is 5.56 Å². The highest BCUT2D eigenvalue weighted by Crippen LogP contribution is 2.36. The summed E-state index contributed by atoms with van der Waals surface area (Å²) < 4.78 is 5.88. The Balaban J connectivity index is 2.14. The van der Waals surface area contributed by atoms with Crippen LogP contribution in [0.25, 0.3) is 11.1 Å². The fourth-order valence-electron chi connectivity index (χ4n) is 2.27. The summed E-state index contributed by atoms with van der Waals surface area (Å²) in [6, 6.07) is 23.9. The third kappa shape index (κ3) is 2.83. The smallest absolute Gasteiger partial charge is 0.339 e. The van der Waals surface area contributed by atoms with Crippen LogP contribution in [0.15, 0.2) is 78.9 Å². The van der Waals surface area contributed by atoms with E-state index in [4.69, 9.17) is 4.74 Å². The molecule has 0 unspecified atom stereocenters. The van der Waals surface area contributed by atoms with Crippen LogP contribution in [0, 0.1) is 0 Å². The summed E-state index contributed by atoms with van der Waals surface area (Å²) in [7, 11) is 0. The van der Waals surface area contributed by atoms with Gasteiger partial charge in [0.1, 0.15) is 17.1 Å². The van der Waals surface area contributed by atoms with Gasteiger partial charge in [0.25, 0.3) is 0 Å². The average Bonchev–Trinajstić information content (AvgIpc) is 2.56. The minimum absolute atomic E-state index is 0.144. The third-order valence-corrected chi connectivity index (χ3v) is 3.29. The topological polar surface area (TPSA) is 46.5 Å². The van der Waals surface area contributed by atoms with E-state index < -0.39 is 5.97 Å². The maximum absolute atomic E-state index is 11.5. The molecule has 0 heterocycles. The molecule has 0 spiro atoms. The van der Waals surface area contributed by atoms with Gasteiger partial charge in [0.2, 0.25) is 0 Å². The van der Waals surface area contributed by atoms with Gasteiger partial charge in [0.15, 0.2) is 0 Å².